The van der Waals surface area contributed by atoms with Gasteiger partial charge in [0.2, 0.25) is 16.3 Å². The molecule has 1 aliphatic carbocycles. The highest BCUT2D eigenvalue weighted by atomic mass is 27.0. The molecule has 1 fully saturated rings. The quantitative estimate of drug-likeness (QED) is 0.515. The third-order valence-corrected chi connectivity index (χ3v) is 3.00. The lowest BCUT2D eigenvalue weighted by Crippen LogP contribution is -2.05. The first-order valence-electron chi connectivity index (χ1n) is 4.43. The molecule has 0 aromatic heterocycles. The van der Waals surface area contributed by atoms with Gasteiger partial charge in [0, 0.05) is 0 Å². The zero-order chi connectivity index (χ0) is 6.53. The Morgan fingerprint density at radius 1 is 1.11 bits per heavy atom. The Morgan fingerprint density at radius 3 is 2.33 bits per heavy atom. The van der Waals surface area contributed by atoms with Crippen LogP contribution in [-0.2, 0) is 0 Å². The van der Waals surface area contributed by atoms with E-state index in [0.717, 1.165) is 5.92 Å². The van der Waals surface area contributed by atoms with E-state index in [1.54, 1.807) is 19.3 Å². The summed E-state index contributed by atoms with van der Waals surface area (Å²) in [6.07, 6.45) is 9.19. The summed E-state index contributed by atoms with van der Waals surface area (Å²) >= 11 is 1.42. The molecule has 9 heavy (non-hydrogen) atoms. The van der Waals surface area contributed by atoms with Crippen molar-refractivity contribution in [2.45, 2.75) is 43.8 Å². The second-order valence-electron chi connectivity index (χ2n) is 3.29. The third-order valence-electron chi connectivity index (χ3n) is 2.42. The average molecular weight is 140 g/mol. The number of hydrogen-bond acceptors (Lipinski definition) is 0. The molecule has 0 bridgehead atoms. The van der Waals surface area contributed by atoms with Gasteiger partial charge in [-0.05, 0) is 5.92 Å². The van der Waals surface area contributed by atoms with Gasteiger partial charge in [0.25, 0.3) is 0 Å². The largest absolute Gasteiger partial charge is 0.211 e. The highest BCUT2D eigenvalue weighted by molar-refractivity contribution is 6.08. The first kappa shape index (κ1) is 7.64. The van der Waals surface area contributed by atoms with Gasteiger partial charge in [-0.2, -0.15) is 0 Å². The van der Waals surface area contributed by atoms with Crippen LogP contribution in [0.1, 0.15) is 38.5 Å². The molecule has 1 saturated carbocycles. The topological polar surface area (TPSA) is 0 Å². The number of hydrogen-bond donors (Lipinski definition) is 0. The molecule has 0 saturated heterocycles. The predicted octanol–water partition coefficient (Wildman–Crippen LogP) is 2.01. The van der Waals surface area contributed by atoms with Crippen molar-refractivity contribution >= 4 is 16.3 Å². The van der Waals surface area contributed by atoms with Crippen LogP contribution in [-0.4, -0.2) is 16.3 Å². The fourth-order valence-electron chi connectivity index (χ4n) is 1.88. The van der Waals surface area contributed by atoms with Gasteiger partial charge >= 0.3 is 0 Å². The fraction of sp³-hybridized carbons (Fsp3) is 1.00. The second kappa shape index (κ2) is 4.36. The zero-order valence-electron chi connectivity index (χ0n) is 6.53. The van der Waals surface area contributed by atoms with Crippen molar-refractivity contribution in [3.63, 3.8) is 0 Å². The van der Waals surface area contributed by atoms with E-state index < -0.39 is 0 Å². The van der Waals surface area contributed by atoms with E-state index in [2.05, 4.69) is 0 Å². The standard InChI is InChI=1S/C8H15.Al.2H/c1-2-8-6-4-3-5-7-8;;;/h8H,1-7H2;;;. The summed E-state index contributed by atoms with van der Waals surface area (Å²) in [6.45, 7) is 0. The molecule has 0 radical (unpaired) electrons. The lowest BCUT2D eigenvalue weighted by molar-refractivity contribution is 0.350. The van der Waals surface area contributed by atoms with Crippen molar-refractivity contribution in [1.29, 1.82) is 0 Å². The molecular weight excluding hydrogens is 123 g/mol. The van der Waals surface area contributed by atoms with Crippen molar-refractivity contribution in [3.8, 4) is 0 Å². The minimum atomic E-state index is 1.14. The molecule has 0 aliphatic heterocycles. The Labute approximate surface area is 66.4 Å². The molecule has 52 valence electrons. The van der Waals surface area contributed by atoms with E-state index in [1.165, 1.54) is 40.8 Å². The Balaban J connectivity index is 2.08. The lowest BCUT2D eigenvalue weighted by atomic mass is 9.88. The molecule has 0 spiro atoms. The normalized spacial score (nSPS) is 22.2. The SMILES string of the molecule is [AlH2][CH2]CC1CCCCC1. The minimum Gasteiger partial charge on any atom is -0.101 e. The second-order valence-corrected chi connectivity index (χ2v) is 4.29. The van der Waals surface area contributed by atoms with Gasteiger partial charge < -0.3 is 0 Å². The summed E-state index contributed by atoms with van der Waals surface area (Å²) in [5, 5.41) is 1.53. The van der Waals surface area contributed by atoms with E-state index >= 15 is 0 Å². The molecular formula is C8H17Al. The zero-order valence-corrected chi connectivity index (χ0v) is 8.53. The van der Waals surface area contributed by atoms with Gasteiger partial charge in [-0.15, -0.1) is 5.28 Å². The van der Waals surface area contributed by atoms with Crippen molar-refractivity contribution in [3.05, 3.63) is 0 Å². The molecule has 0 heterocycles. The highest BCUT2D eigenvalue weighted by Gasteiger charge is 2.10. The maximum Gasteiger partial charge on any atom is 0.211 e. The maximum absolute atomic E-state index is 1.55. The summed E-state index contributed by atoms with van der Waals surface area (Å²) in [6, 6.07) is 0. The van der Waals surface area contributed by atoms with Crippen LogP contribution in [0.5, 0.6) is 0 Å². The van der Waals surface area contributed by atoms with Gasteiger partial charge in [-0.1, -0.05) is 38.5 Å². The summed E-state index contributed by atoms with van der Waals surface area (Å²) in [7, 11) is 0. The maximum atomic E-state index is 1.55. The fourth-order valence-corrected chi connectivity index (χ4v) is 2.70. The molecule has 0 unspecified atom stereocenters. The van der Waals surface area contributed by atoms with E-state index in [9.17, 15) is 0 Å². The molecule has 0 aromatic carbocycles. The van der Waals surface area contributed by atoms with E-state index in [4.69, 9.17) is 0 Å². The highest BCUT2D eigenvalue weighted by Crippen LogP contribution is 2.26. The van der Waals surface area contributed by atoms with Crippen molar-refractivity contribution in [2.75, 3.05) is 0 Å². The van der Waals surface area contributed by atoms with Gasteiger partial charge in [0.1, 0.15) is 0 Å². The van der Waals surface area contributed by atoms with Crippen LogP contribution < -0.4 is 0 Å². The van der Waals surface area contributed by atoms with Crippen LogP contribution in [0.3, 0.4) is 0 Å². The van der Waals surface area contributed by atoms with E-state index in [-0.39, 0.29) is 0 Å². The first-order valence-corrected chi connectivity index (χ1v) is 5.85. The third kappa shape index (κ3) is 2.74. The van der Waals surface area contributed by atoms with Crippen LogP contribution in [0.2, 0.25) is 5.28 Å². The van der Waals surface area contributed by atoms with Crippen LogP contribution >= 0.6 is 0 Å². The van der Waals surface area contributed by atoms with Crippen molar-refractivity contribution < 1.29 is 0 Å². The van der Waals surface area contributed by atoms with Crippen LogP contribution in [0.4, 0.5) is 0 Å². The van der Waals surface area contributed by atoms with Crippen LogP contribution in [0.25, 0.3) is 0 Å². The molecule has 1 rings (SSSR count). The van der Waals surface area contributed by atoms with Gasteiger partial charge in [0.05, 0.1) is 0 Å². The Bertz CT molecular complexity index is 62.2. The van der Waals surface area contributed by atoms with E-state index in [0.29, 0.717) is 0 Å². The summed E-state index contributed by atoms with van der Waals surface area (Å²) in [5.74, 6) is 1.14. The molecule has 1 heteroatoms. The molecule has 0 nitrogen and oxygen atoms in total. The lowest BCUT2D eigenvalue weighted by Gasteiger charge is -2.20. The molecule has 0 N–H and O–H groups in total. The molecule has 0 aromatic rings. The Morgan fingerprint density at radius 2 is 1.78 bits per heavy atom. The molecule has 1 aliphatic rings. The van der Waals surface area contributed by atoms with Crippen molar-refractivity contribution in [1.82, 2.24) is 0 Å². The molecule has 0 amide bonds. The van der Waals surface area contributed by atoms with Crippen LogP contribution in [0, 0.1) is 5.92 Å². The summed E-state index contributed by atoms with van der Waals surface area (Å²) in [4.78, 5) is 0. The Hall–Kier alpha value is 0.532. The Kier molecular flexibility index (Phi) is 3.70. The van der Waals surface area contributed by atoms with Crippen molar-refractivity contribution in [2.24, 2.45) is 5.92 Å². The van der Waals surface area contributed by atoms with Gasteiger partial charge in [-0.25, -0.2) is 0 Å². The smallest absolute Gasteiger partial charge is 0.101 e. The summed E-state index contributed by atoms with van der Waals surface area (Å²) in [5.41, 5.74) is 0. The van der Waals surface area contributed by atoms with Crippen LogP contribution in [0.15, 0.2) is 0 Å². The average Bonchev–Trinajstić information content (AvgIpc) is 1.91. The minimum absolute atomic E-state index is 1.14. The molecule has 0 atom stereocenters. The first-order chi connectivity index (χ1) is 4.43. The van der Waals surface area contributed by atoms with Gasteiger partial charge in [-0.3, -0.25) is 0 Å². The summed E-state index contributed by atoms with van der Waals surface area (Å²) < 4.78 is 0. The predicted molar refractivity (Wildman–Crippen MR) is 44.5 cm³/mol. The van der Waals surface area contributed by atoms with E-state index in [1.807, 2.05) is 0 Å². The van der Waals surface area contributed by atoms with Gasteiger partial charge in [0.15, 0.2) is 0 Å². The monoisotopic (exact) mass is 140 g/mol. The number of rotatable bonds is 2.